The number of Topliss-reactive ketones (excluding diaryl/α,β-unsaturated/α-hetero) is 2. The highest BCUT2D eigenvalue weighted by molar-refractivity contribution is 6.25. The number of benzene rings is 1. The van der Waals surface area contributed by atoms with E-state index in [4.69, 9.17) is 5.73 Å². The third-order valence-corrected chi connectivity index (χ3v) is 9.00. The monoisotopic (exact) mass is 555 g/mol. The molecule has 0 unspecified atom stereocenters. The maximum atomic E-state index is 14.2. The lowest BCUT2D eigenvalue weighted by atomic mass is 9.58. The fourth-order valence-corrected chi connectivity index (χ4v) is 6.97. The first kappa shape index (κ1) is 27.9. The Balaban J connectivity index is 1.70. The lowest BCUT2D eigenvalue weighted by molar-refractivity contribution is -0.148. The van der Waals surface area contributed by atoms with Crippen molar-refractivity contribution < 1.29 is 34.8 Å². The molecule has 3 aliphatic carbocycles. The number of carbonyl (C=O) groups is 3. The van der Waals surface area contributed by atoms with Gasteiger partial charge in [-0.2, -0.15) is 0 Å². The Kier molecular flexibility index (Phi) is 6.63. The largest absolute Gasteiger partial charge is 0.510 e. The minimum Gasteiger partial charge on any atom is -0.510 e. The molecule has 1 saturated heterocycles. The van der Waals surface area contributed by atoms with E-state index in [1.165, 1.54) is 4.90 Å². The zero-order valence-corrected chi connectivity index (χ0v) is 23.4. The molecule has 1 aliphatic heterocycles. The van der Waals surface area contributed by atoms with Crippen molar-refractivity contribution in [2.24, 2.45) is 17.6 Å². The third-order valence-electron chi connectivity index (χ3n) is 9.00. The minimum absolute atomic E-state index is 0.0286. The van der Waals surface area contributed by atoms with Gasteiger partial charge in [0.1, 0.15) is 22.8 Å². The normalized spacial score (nSPS) is 29.0. The number of aliphatic hydroxyl groups excluding tert-OH is 2. The molecule has 12 heteroatoms. The average Bonchev–Trinajstić information content (AvgIpc) is 2.86. The van der Waals surface area contributed by atoms with E-state index >= 15 is 0 Å². The van der Waals surface area contributed by atoms with Gasteiger partial charge in [-0.1, -0.05) is 0 Å². The number of hydrogen-bond acceptors (Lipinski definition) is 11. The van der Waals surface area contributed by atoms with E-state index in [0.717, 1.165) is 18.8 Å². The summed E-state index contributed by atoms with van der Waals surface area (Å²) in [5.41, 5.74) is 3.66. The lowest BCUT2D eigenvalue weighted by Gasteiger charge is -2.50. The smallest absolute Gasteiger partial charge is 0.255 e. The second-order valence-electron chi connectivity index (χ2n) is 11.8. The van der Waals surface area contributed by atoms with Crippen molar-refractivity contribution in [3.63, 3.8) is 0 Å². The SMILES string of the molecule is CN1CCN(c2cc(N(C)C)c3c(c2O)C(=O)C2=C(O)[C@]4(O)C(=O)C(C(N)=O)=C(O)[C@@H](N(C)C)[C@@H]4C[C@@H]2C3)CC1. The topological polar surface area (TPSA) is 171 Å². The molecule has 4 atom stereocenters. The zero-order valence-electron chi connectivity index (χ0n) is 23.4. The maximum absolute atomic E-state index is 14.2. The first-order valence-corrected chi connectivity index (χ1v) is 13.4. The molecule has 5 rings (SSSR count). The van der Waals surface area contributed by atoms with Crippen molar-refractivity contribution in [3.8, 4) is 5.75 Å². The summed E-state index contributed by atoms with van der Waals surface area (Å²) in [5, 5.41) is 45.7. The van der Waals surface area contributed by atoms with Crippen molar-refractivity contribution in [1.82, 2.24) is 9.80 Å². The van der Waals surface area contributed by atoms with Gasteiger partial charge in [-0.3, -0.25) is 19.3 Å². The van der Waals surface area contributed by atoms with Gasteiger partial charge in [-0.15, -0.1) is 0 Å². The van der Waals surface area contributed by atoms with E-state index in [0.29, 0.717) is 24.3 Å². The molecule has 0 bridgehead atoms. The molecule has 12 nitrogen and oxygen atoms in total. The lowest BCUT2D eigenvalue weighted by Crippen LogP contribution is -2.63. The summed E-state index contributed by atoms with van der Waals surface area (Å²) in [7, 11) is 8.93. The fourth-order valence-electron chi connectivity index (χ4n) is 6.97. The van der Waals surface area contributed by atoms with Crippen molar-refractivity contribution >= 4 is 28.8 Å². The molecule has 0 spiro atoms. The number of phenolic OH excluding ortho intramolecular Hbond substituents is 1. The molecular formula is C28H37N5O7. The number of carbonyl (C=O) groups excluding carboxylic acids is 3. The number of likely N-dealkylation sites (N-methyl/N-ethyl adjacent to an activating group) is 2. The number of aliphatic hydroxyl groups is 3. The summed E-state index contributed by atoms with van der Waals surface area (Å²) >= 11 is 0. The predicted molar refractivity (Wildman–Crippen MR) is 148 cm³/mol. The van der Waals surface area contributed by atoms with Crippen molar-refractivity contribution in [2.75, 3.05) is 71.2 Å². The quantitative estimate of drug-likeness (QED) is 0.315. The van der Waals surface area contributed by atoms with Gasteiger partial charge < -0.3 is 40.9 Å². The van der Waals surface area contributed by atoms with Crippen LogP contribution in [-0.2, 0) is 16.0 Å². The number of ketones is 2. The van der Waals surface area contributed by atoms with Gasteiger partial charge in [-0.05, 0) is 51.5 Å². The molecule has 0 radical (unpaired) electrons. The van der Waals surface area contributed by atoms with Crippen LogP contribution in [0.3, 0.4) is 0 Å². The van der Waals surface area contributed by atoms with E-state index in [9.17, 15) is 34.8 Å². The van der Waals surface area contributed by atoms with Gasteiger partial charge in [0, 0.05) is 57.5 Å². The highest BCUT2D eigenvalue weighted by Crippen LogP contribution is 2.54. The van der Waals surface area contributed by atoms with E-state index in [-0.39, 0.29) is 29.7 Å². The van der Waals surface area contributed by atoms with Crippen LogP contribution in [0, 0.1) is 11.8 Å². The second kappa shape index (κ2) is 9.50. The molecular weight excluding hydrogens is 518 g/mol. The Morgan fingerprint density at radius 2 is 1.70 bits per heavy atom. The van der Waals surface area contributed by atoms with Gasteiger partial charge in [-0.25, -0.2) is 0 Å². The number of allylic oxidation sites excluding steroid dienone is 1. The number of nitrogens with two attached hydrogens (primary N) is 1. The molecule has 1 heterocycles. The van der Waals surface area contributed by atoms with Crippen LogP contribution < -0.4 is 15.5 Å². The second-order valence-corrected chi connectivity index (χ2v) is 11.8. The molecule has 1 aromatic carbocycles. The van der Waals surface area contributed by atoms with Crippen LogP contribution in [-0.4, -0.2) is 121 Å². The molecule has 0 aromatic heterocycles. The van der Waals surface area contributed by atoms with Crippen LogP contribution in [0.2, 0.25) is 0 Å². The number of aromatic hydroxyl groups is 1. The van der Waals surface area contributed by atoms with E-state index in [1.54, 1.807) is 14.1 Å². The van der Waals surface area contributed by atoms with Crippen molar-refractivity contribution in [1.29, 1.82) is 0 Å². The maximum Gasteiger partial charge on any atom is 0.255 e. The van der Waals surface area contributed by atoms with Gasteiger partial charge in [0.2, 0.25) is 5.78 Å². The minimum atomic E-state index is -2.65. The van der Waals surface area contributed by atoms with Crippen LogP contribution in [0.1, 0.15) is 22.3 Å². The fraction of sp³-hybridized carbons (Fsp3) is 0.536. The van der Waals surface area contributed by atoms with Crippen LogP contribution in [0.5, 0.6) is 5.75 Å². The zero-order chi connectivity index (χ0) is 29.4. The molecule has 40 heavy (non-hydrogen) atoms. The van der Waals surface area contributed by atoms with Crippen molar-refractivity contribution in [2.45, 2.75) is 24.5 Å². The number of anilines is 2. The molecule has 6 N–H and O–H groups in total. The predicted octanol–water partition coefficient (Wildman–Crippen LogP) is -0.0616. The van der Waals surface area contributed by atoms with Crippen LogP contribution >= 0.6 is 0 Å². The number of piperazine rings is 1. The first-order chi connectivity index (χ1) is 18.7. The number of rotatable bonds is 4. The Labute approximate surface area is 232 Å². The van der Waals surface area contributed by atoms with Crippen LogP contribution in [0.15, 0.2) is 28.7 Å². The number of phenols is 1. The summed E-state index contributed by atoms with van der Waals surface area (Å²) in [6.45, 7) is 2.85. The molecule has 4 aliphatic rings. The van der Waals surface area contributed by atoms with E-state index < -0.39 is 58.0 Å². The third kappa shape index (κ3) is 3.80. The Hall–Kier alpha value is -3.61. The Morgan fingerprint density at radius 3 is 2.25 bits per heavy atom. The summed E-state index contributed by atoms with van der Waals surface area (Å²) in [5.74, 6) is -6.49. The highest BCUT2D eigenvalue weighted by Gasteiger charge is 2.63. The van der Waals surface area contributed by atoms with E-state index in [2.05, 4.69) is 4.90 Å². The number of hydrogen-bond donors (Lipinski definition) is 5. The standard InChI is InChI=1S/C28H37N5O7/c1-30(2)16-12-17(33-8-6-32(5)7-9-33)22(34)19-14(16)10-13-11-15-21(31(3)4)24(36)20(27(29)39)26(38)28(15,40)25(37)18(13)23(19)35/h12-13,15,21,34,36-37,40H,6-11H2,1-5H3,(H2,29,39)/t13-,15-,21-,28-/m0/s1. The highest BCUT2D eigenvalue weighted by atomic mass is 16.3. The molecule has 1 fully saturated rings. The van der Waals surface area contributed by atoms with Gasteiger partial charge >= 0.3 is 0 Å². The van der Waals surface area contributed by atoms with Gasteiger partial charge in [0.25, 0.3) is 5.91 Å². The first-order valence-electron chi connectivity index (χ1n) is 13.4. The Bertz CT molecular complexity index is 1380. The summed E-state index contributed by atoms with van der Waals surface area (Å²) in [6, 6.07) is 0.854. The molecule has 216 valence electrons. The number of fused-ring (bicyclic) bond motifs is 3. The number of amides is 1. The molecule has 1 amide bonds. The van der Waals surface area contributed by atoms with Gasteiger partial charge in [0.05, 0.1) is 17.3 Å². The van der Waals surface area contributed by atoms with Crippen LogP contribution in [0.25, 0.3) is 0 Å². The average molecular weight is 556 g/mol. The summed E-state index contributed by atoms with van der Waals surface area (Å²) < 4.78 is 0. The van der Waals surface area contributed by atoms with Gasteiger partial charge in [0.15, 0.2) is 11.4 Å². The van der Waals surface area contributed by atoms with Crippen LogP contribution in [0.4, 0.5) is 11.4 Å². The molecule has 0 saturated carbocycles. The summed E-state index contributed by atoms with van der Waals surface area (Å²) in [6.07, 6.45) is 0.304. The molecule has 1 aromatic rings. The Morgan fingerprint density at radius 1 is 1.07 bits per heavy atom. The number of nitrogens with zero attached hydrogens (tertiary/aromatic N) is 4. The number of primary amides is 1. The summed E-state index contributed by atoms with van der Waals surface area (Å²) in [4.78, 5) is 47.4. The van der Waals surface area contributed by atoms with Crippen molar-refractivity contribution in [3.05, 3.63) is 39.9 Å². The van der Waals surface area contributed by atoms with E-state index in [1.807, 2.05) is 37.0 Å².